The summed E-state index contributed by atoms with van der Waals surface area (Å²) in [6.45, 7) is 2.61. The number of amides is 2. The molecule has 2 amide bonds. The van der Waals surface area contributed by atoms with E-state index in [1.54, 1.807) is 12.1 Å². The highest BCUT2D eigenvalue weighted by atomic mass is 32.2. The molecule has 0 aliphatic carbocycles. The Morgan fingerprint density at radius 1 is 1.09 bits per heavy atom. The van der Waals surface area contributed by atoms with Gasteiger partial charge in [-0.25, -0.2) is 17.9 Å². The largest absolute Gasteiger partial charge is 0.391 e. The van der Waals surface area contributed by atoms with E-state index in [1.807, 2.05) is 35.2 Å². The van der Waals surface area contributed by atoms with Crippen LogP contribution in [0.25, 0.3) is 22.2 Å². The van der Waals surface area contributed by atoms with E-state index in [2.05, 4.69) is 9.71 Å². The molecule has 5 rings (SSSR count). The number of hydrogen-bond acceptors (Lipinski definition) is 6. The minimum Gasteiger partial charge on any atom is -0.391 e. The third-order valence-electron chi connectivity index (χ3n) is 6.12. The van der Waals surface area contributed by atoms with Crippen molar-refractivity contribution in [2.45, 2.75) is 17.4 Å². The maximum absolute atomic E-state index is 13.1. The van der Waals surface area contributed by atoms with Crippen LogP contribution in [0.2, 0.25) is 0 Å². The Bertz CT molecular complexity index is 1250. The van der Waals surface area contributed by atoms with Gasteiger partial charge in [-0.15, -0.1) is 0 Å². The molecular weight excluding hydrogens is 444 g/mol. The molecular formula is C23H26N4O5S. The molecule has 1 atom stereocenters. The maximum atomic E-state index is 13.1. The number of H-pyrrole nitrogens is 1. The summed E-state index contributed by atoms with van der Waals surface area (Å²) < 4.78 is 33.6. The van der Waals surface area contributed by atoms with E-state index in [0.29, 0.717) is 51.4 Å². The van der Waals surface area contributed by atoms with Crippen molar-refractivity contribution in [3.8, 4) is 11.3 Å². The fraction of sp³-hybridized carbons (Fsp3) is 0.348. The van der Waals surface area contributed by atoms with Crippen molar-refractivity contribution in [3.63, 3.8) is 0 Å². The zero-order chi connectivity index (χ0) is 23.0. The predicted octanol–water partition coefficient (Wildman–Crippen LogP) is 2.14. The Morgan fingerprint density at radius 2 is 1.88 bits per heavy atom. The molecule has 9 nitrogen and oxygen atoms in total. The predicted molar refractivity (Wildman–Crippen MR) is 125 cm³/mol. The topological polar surface area (TPSA) is 115 Å². The number of anilines is 1. The molecule has 3 N–H and O–H groups in total. The second-order valence-electron chi connectivity index (χ2n) is 8.35. The number of aromatic amines is 1. The normalized spacial score (nSPS) is 19.2. The van der Waals surface area contributed by atoms with Crippen molar-refractivity contribution < 1.29 is 23.1 Å². The number of aliphatic hydroxyl groups excluding tert-OH is 1. The first kappa shape index (κ1) is 21.7. The van der Waals surface area contributed by atoms with Gasteiger partial charge in [-0.1, -0.05) is 18.2 Å². The molecule has 2 aromatic carbocycles. The number of rotatable bonds is 4. The van der Waals surface area contributed by atoms with E-state index >= 15 is 0 Å². The minimum atomic E-state index is -4.08. The van der Waals surface area contributed by atoms with E-state index < -0.39 is 22.2 Å². The maximum Gasteiger partial charge on any atom is 0.331 e. The smallest absolute Gasteiger partial charge is 0.331 e. The average Bonchev–Trinajstić information content (AvgIpc) is 3.45. The number of aliphatic hydroxyl groups is 1. The van der Waals surface area contributed by atoms with Crippen molar-refractivity contribution in [1.82, 2.24) is 14.6 Å². The molecule has 2 fully saturated rings. The average molecular weight is 471 g/mol. The van der Waals surface area contributed by atoms with Gasteiger partial charge in [0.05, 0.1) is 24.2 Å². The van der Waals surface area contributed by atoms with Crippen LogP contribution in [-0.2, 0) is 14.8 Å². The van der Waals surface area contributed by atoms with Crippen molar-refractivity contribution in [2.24, 2.45) is 0 Å². The Balaban J connectivity index is 1.52. The molecule has 0 unspecified atom stereocenters. The molecule has 2 aliphatic heterocycles. The third-order valence-corrected chi connectivity index (χ3v) is 7.44. The second-order valence-corrected chi connectivity index (χ2v) is 10.0. The highest BCUT2D eigenvalue weighted by Gasteiger charge is 2.27. The number of fused-ring (bicyclic) bond motifs is 1. The number of ether oxygens (including phenoxy) is 1. The van der Waals surface area contributed by atoms with Crippen LogP contribution in [0.4, 0.5) is 10.5 Å². The van der Waals surface area contributed by atoms with Crippen LogP contribution in [0.1, 0.15) is 6.42 Å². The molecule has 1 aromatic heterocycles. The summed E-state index contributed by atoms with van der Waals surface area (Å²) >= 11 is 0. The lowest BCUT2D eigenvalue weighted by Gasteiger charge is -2.27. The van der Waals surface area contributed by atoms with Crippen molar-refractivity contribution in [3.05, 3.63) is 48.5 Å². The fourth-order valence-electron chi connectivity index (χ4n) is 4.36. The van der Waals surface area contributed by atoms with E-state index in [0.717, 1.165) is 22.3 Å². The number of benzene rings is 2. The first-order valence-electron chi connectivity index (χ1n) is 11.0. The van der Waals surface area contributed by atoms with Gasteiger partial charge in [0.15, 0.2) is 0 Å². The fourth-order valence-corrected chi connectivity index (χ4v) is 5.35. The van der Waals surface area contributed by atoms with Crippen LogP contribution in [0.15, 0.2) is 53.4 Å². The molecule has 10 heteroatoms. The van der Waals surface area contributed by atoms with Gasteiger partial charge in [-0.05, 0) is 36.8 Å². The number of nitrogens with zero attached hydrogens (tertiary/aromatic N) is 2. The van der Waals surface area contributed by atoms with Gasteiger partial charge >= 0.3 is 6.03 Å². The van der Waals surface area contributed by atoms with Gasteiger partial charge in [0, 0.05) is 54.0 Å². The number of morpholine rings is 1. The summed E-state index contributed by atoms with van der Waals surface area (Å²) in [6, 6.07) is 14.0. The monoisotopic (exact) mass is 470 g/mol. The van der Waals surface area contributed by atoms with Crippen molar-refractivity contribution in [2.75, 3.05) is 44.3 Å². The zero-order valence-corrected chi connectivity index (χ0v) is 18.8. The molecule has 0 bridgehead atoms. The minimum absolute atomic E-state index is 0.00117. The lowest BCUT2D eigenvalue weighted by atomic mass is 10.1. The Morgan fingerprint density at radius 3 is 2.61 bits per heavy atom. The number of hydrogen-bond donors (Lipinski definition) is 3. The molecule has 2 saturated heterocycles. The summed E-state index contributed by atoms with van der Waals surface area (Å²) in [4.78, 5) is 19.4. The van der Waals surface area contributed by atoms with Gasteiger partial charge in [-0.2, -0.15) is 0 Å². The summed E-state index contributed by atoms with van der Waals surface area (Å²) in [5, 5.41) is 11.0. The molecule has 3 heterocycles. The number of β-amino-alcohol motifs (C(OH)–C–C–N with tert-alkyl or cyclic N) is 1. The third kappa shape index (κ3) is 4.41. The quantitative estimate of drug-likeness (QED) is 0.538. The SMILES string of the molecule is O=C(NS(=O)(=O)c1ccc(N2CC[C@H](O)C2)c(-c2cc3ccccc3[nH]2)c1)N1CCOCC1. The van der Waals surface area contributed by atoms with Gasteiger partial charge in [0.25, 0.3) is 10.0 Å². The van der Waals surface area contributed by atoms with E-state index in [9.17, 15) is 18.3 Å². The van der Waals surface area contributed by atoms with Gasteiger partial charge in [0.2, 0.25) is 0 Å². The molecule has 0 radical (unpaired) electrons. The number of para-hydroxylation sites is 1. The zero-order valence-electron chi connectivity index (χ0n) is 18.0. The highest BCUT2D eigenvalue weighted by molar-refractivity contribution is 7.90. The highest BCUT2D eigenvalue weighted by Crippen LogP contribution is 2.36. The Kier molecular flexibility index (Phi) is 5.73. The number of urea groups is 1. The van der Waals surface area contributed by atoms with E-state index in [4.69, 9.17) is 4.74 Å². The van der Waals surface area contributed by atoms with Crippen LogP contribution in [0, 0.1) is 0 Å². The summed E-state index contributed by atoms with van der Waals surface area (Å²) in [5.41, 5.74) is 3.23. The van der Waals surface area contributed by atoms with Crippen LogP contribution in [-0.4, -0.2) is 74.9 Å². The Labute approximate surface area is 192 Å². The molecule has 33 heavy (non-hydrogen) atoms. The molecule has 2 aliphatic rings. The number of carbonyl (C=O) groups is 1. The van der Waals surface area contributed by atoms with E-state index in [1.165, 1.54) is 11.0 Å². The van der Waals surface area contributed by atoms with Crippen LogP contribution >= 0.6 is 0 Å². The Hall–Kier alpha value is -3.08. The lowest BCUT2D eigenvalue weighted by molar-refractivity contribution is 0.0545. The first-order valence-corrected chi connectivity index (χ1v) is 12.4. The summed E-state index contributed by atoms with van der Waals surface area (Å²) in [6.07, 6.45) is 0.235. The van der Waals surface area contributed by atoms with Crippen LogP contribution in [0.3, 0.4) is 0 Å². The number of sulfonamides is 1. The molecule has 3 aromatic rings. The molecule has 0 spiro atoms. The van der Waals surface area contributed by atoms with Gasteiger partial charge in [0.1, 0.15) is 0 Å². The van der Waals surface area contributed by atoms with Crippen LogP contribution < -0.4 is 9.62 Å². The summed E-state index contributed by atoms with van der Waals surface area (Å²) in [5.74, 6) is 0. The number of aromatic nitrogens is 1. The lowest BCUT2D eigenvalue weighted by Crippen LogP contribution is -2.47. The van der Waals surface area contributed by atoms with Crippen molar-refractivity contribution >= 4 is 32.6 Å². The van der Waals surface area contributed by atoms with Gasteiger partial charge < -0.3 is 24.6 Å². The van der Waals surface area contributed by atoms with Crippen molar-refractivity contribution in [1.29, 1.82) is 0 Å². The number of carbonyl (C=O) groups excluding carboxylic acids is 1. The second kappa shape index (κ2) is 8.69. The molecule has 174 valence electrons. The summed E-state index contributed by atoms with van der Waals surface area (Å²) in [7, 11) is -4.08. The van der Waals surface area contributed by atoms with Gasteiger partial charge in [-0.3, -0.25) is 0 Å². The van der Waals surface area contributed by atoms with E-state index in [-0.39, 0.29) is 4.90 Å². The first-order chi connectivity index (χ1) is 15.9. The van der Waals surface area contributed by atoms with Crippen LogP contribution in [0.5, 0.6) is 0 Å². The standard InChI is InChI=1S/C23H26N4O5S/c28-17-7-8-27(15-17)22-6-5-18(33(30,31)25-23(29)26-9-11-32-12-10-26)14-19(22)21-13-16-3-1-2-4-20(16)24-21/h1-6,13-14,17,24,28H,7-12,15H2,(H,25,29)/t17-/m0/s1. The molecule has 0 saturated carbocycles. The number of nitrogens with one attached hydrogen (secondary N) is 2.